The molecule has 0 radical (unpaired) electrons. The zero-order valence-electron chi connectivity index (χ0n) is 10.1. The van der Waals surface area contributed by atoms with Gasteiger partial charge in [-0.05, 0) is 17.0 Å². The Bertz CT molecular complexity index is 342. The van der Waals surface area contributed by atoms with E-state index in [4.69, 9.17) is 0 Å². The molecule has 0 atom stereocenters. The number of hydrogen-bond acceptors (Lipinski definition) is 6. The van der Waals surface area contributed by atoms with Crippen LogP contribution in [0, 0.1) is 0 Å². The van der Waals surface area contributed by atoms with E-state index in [1.165, 1.54) is 11.8 Å². The predicted octanol–water partition coefficient (Wildman–Crippen LogP) is -0.489. The summed E-state index contributed by atoms with van der Waals surface area (Å²) in [6.45, 7) is 4.56. The highest BCUT2D eigenvalue weighted by molar-refractivity contribution is 7.99. The molecule has 0 saturated heterocycles. The van der Waals surface area contributed by atoms with Crippen LogP contribution in [0.5, 0.6) is 0 Å². The average Bonchev–Trinajstić information content (AvgIpc) is 2.77. The van der Waals surface area contributed by atoms with Crippen molar-refractivity contribution in [3.63, 3.8) is 0 Å². The molecule has 0 bridgehead atoms. The van der Waals surface area contributed by atoms with Gasteiger partial charge in [0, 0.05) is 25.8 Å². The van der Waals surface area contributed by atoms with Crippen molar-refractivity contribution >= 4 is 17.7 Å². The van der Waals surface area contributed by atoms with E-state index in [0.29, 0.717) is 12.2 Å². The molecule has 0 saturated carbocycles. The van der Waals surface area contributed by atoms with Gasteiger partial charge >= 0.3 is 0 Å². The third-order valence-electron chi connectivity index (χ3n) is 2.09. The molecule has 0 aliphatic carbocycles. The molecule has 2 N–H and O–H groups in total. The lowest BCUT2D eigenvalue weighted by atomic mass is 10.5. The van der Waals surface area contributed by atoms with Crippen LogP contribution in [0.1, 0.15) is 13.3 Å². The van der Waals surface area contributed by atoms with Gasteiger partial charge in [0.15, 0.2) is 0 Å². The number of nitrogens with one attached hydrogen (secondary N) is 2. The van der Waals surface area contributed by atoms with Crippen LogP contribution in [-0.4, -0.2) is 52.0 Å². The molecule has 8 heteroatoms. The van der Waals surface area contributed by atoms with Gasteiger partial charge in [-0.2, -0.15) is 0 Å². The zero-order valence-corrected chi connectivity index (χ0v) is 11.0. The van der Waals surface area contributed by atoms with Crippen LogP contribution >= 0.6 is 11.8 Å². The second-order valence-electron chi connectivity index (χ2n) is 3.31. The largest absolute Gasteiger partial charge is 0.359 e. The minimum atomic E-state index is 0.0316. The van der Waals surface area contributed by atoms with Crippen LogP contribution in [-0.2, 0) is 11.3 Å². The number of thioether (sulfide) groups is 1. The molecule has 0 aliphatic rings. The van der Waals surface area contributed by atoms with E-state index in [1.807, 2.05) is 0 Å². The number of carbonyl (C=O) groups excluding carboxylic acids is 1. The van der Waals surface area contributed by atoms with E-state index in [2.05, 4.69) is 33.1 Å². The van der Waals surface area contributed by atoms with Gasteiger partial charge in [-0.25, -0.2) is 4.68 Å². The van der Waals surface area contributed by atoms with Crippen molar-refractivity contribution in [3.8, 4) is 0 Å². The van der Waals surface area contributed by atoms with Crippen molar-refractivity contribution < 1.29 is 4.79 Å². The molecule has 0 fully saturated rings. The topological polar surface area (TPSA) is 84.7 Å². The molecule has 0 spiro atoms. The lowest BCUT2D eigenvalue weighted by molar-refractivity contribution is -0.120. The second-order valence-corrected chi connectivity index (χ2v) is 4.37. The normalized spacial score (nSPS) is 10.5. The van der Waals surface area contributed by atoms with Crippen LogP contribution in [0.3, 0.4) is 0 Å². The van der Waals surface area contributed by atoms with Crippen molar-refractivity contribution in [2.24, 2.45) is 0 Å². The van der Waals surface area contributed by atoms with E-state index in [-0.39, 0.29) is 5.91 Å². The minimum absolute atomic E-state index is 0.0316. The molecule has 1 aromatic heterocycles. The van der Waals surface area contributed by atoms with Crippen molar-refractivity contribution in [1.82, 2.24) is 30.8 Å². The van der Waals surface area contributed by atoms with E-state index in [0.717, 1.165) is 24.8 Å². The van der Waals surface area contributed by atoms with Crippen LogP contribution in [0.25, 0.3) is 0 Å². The third-order valence-corrected chi connectivity index (χ3v) is 3.05. The maximum atomic E-state index is 11.0. The molecule has 0 aromatic carbocycles. The lowest BCUT2D eigenvalue weighted by Gasteiger charge is -2.04. The van der Waals surface area contributed by atoms with E-state index in [9.17, 15) is 4.79 Å². The van der Waals surface area contributed by atoms with Gasteiger partial charge in [0.2, 0.25) is 11.1 Å². The first kappa shape index (κ1) is 13.9. The van der Waals surface area contributed by atoms with Gasteiger partial charge in [0.1, 0.15) is 0 Å². The molecule has 1 amide bonds. The van der Waals surface area contributed by atoms with Gasteiger partial charge in [0.05, 0.1) is 6.54 Å². The highest BCUT2D eigenvalue weighted by atomic mass is 32.2. The second kappa shape index (κ2) is 8.02. The predicted molar refractivity (Wildman–Crippen MR) is 65.8 cm³/mol. The first-order valence-electron chi connectivity index (χ1n) is 5.58. The minimum Gasteiger partial charge on any atom is -0.359 e. The summed E-state index contributed by atoms with van der Waals surface area (Å²) in [5, 5.41) is 18.0. The van der Waals surface area contributed by atoms with E-state index < -0.39 is 0 Å². The molecule has 1 aromatic rings. The monoisotopic (exact) mass is 258 g/mol. The number of likely N-dealkylation sites (N-methyl/N-ethyl adjacent to an activating group) is 1. The Morgan fingerprint density at radius 1 is 1.53 bits per heavy atom. The highest BCUT2D eigenvalue weighted by Gasteiger charge is 2.07. The molecular formula is C9H18N6OS. The van der Waals surface area contributed by atoms with Crippen molar-refractivity contribution in [3.05, 3.63) is 0 Å². The fraction of sp³-hybridized carbons (Fsp3) is 0.778. The zero-order chi connectivity index (χ0) is 12.5. The fourth-order valence-electron chi connectivity index (χ4n) is 1.16. The van der Waals surface area contributed by atoms with Crippen molar-refractivity contribution in [2.75, 3.05) is 25.9 Å². The van der Waals surface area contributed by atoms with Crippen LogP contribution in [0.2, 0.25) is 0 Å². The Morgan fingerprint density at radius 2 is 2.35 bits per heavy atom. The summed E-state index contributed by atoms with van der Waals surface area (Å²) in [6, 6.07) is 0. The molecule has 1 heterocycles. The SMILES string of the molecule is CCNCCn1nnnc1SCCC(=O)NC. The van der Waals surface area contributed by atoms with Gasteiger partial charge in [0.25, 0.3) is 0 Å². The number of rotatable bonds is 8. The Hall–Kier alpha value is -1.15. The summed E-state index contributed by atoms with van der Waals surface area (Å²) in [6.07, 6.45) is 0.473. The Morgan fingerprint density at radius 3 is 3.06 bits per heavy atom. The Kier molecular flexibility index (Phi) is 6.56. The maximum absolute atomic E-state index is 11.0. The number of aromatic nitrogens is 4. The van der Waals surface area contributed by atoms with Crippen molar-refractivity contribution in [1.29, 1.82) is 0 Å². The van der Waals surface area contributed by atoms with Gasteiger partial charge < -0.3 is 10.6 Å². The average molecular weight is 258 g/mol. The molecule has 96 valence electrons. The van der Waals surface area contributed by atoms with Crippen LogP contribution in [0.15, 0.2) is 5.16 Å². The maximum Gasteiger partial charge on any atom is 0.220 e. The first-order valence-corrected chi connectivity index (χ1v) is 6.56. The number of nitrogens with zero attached hydrogens (tertiary/aromatic N) is 4. The molecule has 7 nitrogen and oxygen atoms in total. The Balaban J connectivity index is 2.32. The number of amides is 1. The molecule has 0 aliphatic heterocycles. The molecule has 0 unspecified atom stereocenters. The van der Waals surface area contributed by atoms with E-state index in [1.54, 1.807) is 11.7 Å². The van der Waals surface area contributed by atoms with Gasteiger partial charge in [-0.1, -0.05) is 18.7 Å². The molecular weight excluding hydrogens is 240 g/mol. The summed E-state index contributed by atoms with van der Waals surface area (Å²) < 4.78 is 1.75. The number of carbonyl (C=O) groups is 1. The first-order chi connectivity index (χ1) is 8.27. The third kappa shape index (κ3) is 5.14. The molecule has 1 rings (SSSR count). The van der Waals surface area contributed by atoms with E-state index >= 15 is 0 Å². The standard InChI is InChI=1S/C9H18N6OS/c1-3-11-5-6-15-9(12-13-14-15)17-7-4-8(16)10-2/h11H,3-7H2,1-2H3,(H,10,16). The molecule has 17 heavy (non-hydrogen) atoms. The summed E-state index contributed by atoms with van der Waals surface area (Å²) in [5.74, 6) is 0.713. The summed E-state index contributed by atoms with van der Waals surface area (Å²) in [4.78, 5) is 11.0. The Labute approximate surface area is 105 Å². The van der Waals surface area contributed by atoms with Crippen molar-refractivity contribution in [2.45, 2.75) is 25.0 Å². The number of tetrazole rings is 1. The lowest BCUT2D eigenvalue weighted by Crippen LogP contribution is -2.20. The summed E-state index contributed by atoms with van der Waals surface area (Å²) in [5.41, 5.74) is 0. The van der Waals surface area contributed by atoms with Crippen LogP contribution in [0.4, 0.5) is 0 Å². The summed E-state index contributed by atoms with van der Waals surface area (Å²) in [7, 11) is 1.63. The van der Waals surface area contributed by atoms with Gasteiger partial charge in [-0.15, -0.1) is 5.10 Å². The smallest absolute Gasteiger partial charge is 0.220 e. The van der Waals surface area contributed by atoms with Gasteiger partial charge in [-0.3, -0.25) is 4.79 Å². The number of hydrogen-bond donors (Lipinski definition) is 2. The summed E-state index contributed by atoms with van der Waals surface area (Å²) >= 11 is 1.49. The quantitative estimate of drug-likeness (QED) is 0.483. The van der Waals surface area contributed by atoms with Crippen LogP contribution < -0.4 is 10.6 Å². The highest BCUT2D eigenvalue weighted by Crippen LogP contribution is 2.14. The fourth-order valence-corrected chi connectivity index (χ4v) is 2.00.